The number of rotatable bonds is 3. The zero-order valence-corrected chi connectivity index (χ0v) is 6.86. The molecule has 14 heavy (non-hydrogen) atoms. The van der Waals surface area contributed by atoms with E-state index in [0.29, 0.717) is 0 Å². The molecule has 0 spiro atoms. The molecule has 2 atom stereocenters. The van der Waals surface area contributed by atoms with Gasteiger partial charge in [0.1, 0.15) is 6.10 Å². The van der Waals surface area contributed by atoms with E-state index >= 15 is 0 Å². The second kappa shape index (κ2) is 3.86. The number of azide groups is 1. The number of carbonyl (C=O) groups excluding carboxylic acids is 1. The fourth-order valence-electron chi connectivity index (χ4n) is 0.943. The van der Waals surface area contributed by atoms with Gasteiger partial charge in [0.25, 0.3) is 0 Å². The van der Waals surface area contributed by atoms with Gasteiger partial charge in [0, 0.05) is 4.91 Å². The minimum Gasteiger partial charge on any atom is -0.505 e. The number of aliphatic hydroxyl groups is 3. The minimum atomic E-state index is -1.38. The van der Waals surface area contributed by atoms with Crippen LogP contribution in [0.15, 0.2) is 16.6 Å². The Balaban J connectivity index is 2.72. The first-order valence-corrected chi connectivity index (χ1v) is 3.60. The predicted molar refractivity (Wildman–Crippen MR) is 42.2 cm³/mol. The Morgan fingerprint density at radius 3 is 2.71 bits per heavy atom. The van der Waals surface area contributed by atoms with E-state index in [4.69, 9.17) is 15.7 Å². The van der Waals surface area contributed by atoms with Crippen LogP contribution in [-0.4, -0.2) is 40.0 Å². The number of carbonyl (C=O) groups is 1. The molecule has 8 heteroatoms. The lowest BCUT2D eigenvalue weighted by molar-refractivity contribution is -0.146. The molecule has 0 bridgehead atoms. The van der Waals surface area contributed by atoms with E-state index in [0.717, 1.165) is 0 Å². The number of cyclic esters (lactones) is 1. The molecule has 1 rings (SSSR count). The molecule has 0 amide bonds. The SMILES string of the molecule is [N-]=[N+]=NCC(O)[C@H]1OC(=O)C(O)=C1O. The number of nitrogens with zero attached hydrogens (tertiary/aromatic N) is 3. The van der Waals surface area contributed by atoms with Crippen molar-refractivity contribution in [2.75, 3.05) is 6.54 Å². The van der Waals surface area contributed by atoms with E-state index in [1.54, 1.807) is 0 Å². The predicted octanol–water partition coefficient (Wildman–Crippen LogP) is -0.0894. The third kappa shape index (κ3) is 1.70. The van der Waals surface area contributed by atoms with E-state index in [1.807, 2.05) is 0 Å². The molecule has 1 unspecified atom stereocenters. The highest BCUT2D eigenvalue weighted by Gasteiger charge is 2.38. The molecule has 0 saturated carbocycles. The van der Waals surface area contributed by atoms with Gasteiger partial charge in [-0.3, -0.25) is 0 Å². The Morgan fingerprint density at radius 2 is 2.29 bits per heavy atom. The van der Waals surface area contributed by atoms with Crippen molar-refractivity contribution in [2.45, 2.75) is 12.2 Å². The van der Waals surface area contributed by atoms with E-state index in [1.165, 1.54) is 0 Å². The molecule has 1 aliphatic rings. The largest absolute Gasteiger partial charge is 0.505 e. The summed E-state index contributed by atoms with van der Waals surface area (Å²) in [4.78, 5) is 13.0. The van der Waals surface area contributed by atoms with Crippen LogP contribution in [0, 0.1) is 0 Å². The molecule has 0 saturated heterocycles. The first-order valence-electron chi connectivity index (χ1n) is 3.60. The Labute approximate surface area is 77.7 Å². The normalized spacial score (nSPS) is 22.9. The fourth-order valence-corrected chi connectivity index (χ4v) is 0.943. The maximum absolute atomic E-state index is 10.7. The fraction of sp³-hybridized carbons (Fsp3) is 0.500. The van der Waals surface area contributed by atoms with Crippen molar-refractivity contribution in [3.05, 3.63) is 22.0 Å². The molecular formula is C6H7N3O5. The Hall–Kier alpha value is -1.92. The van der Waals surface area contributed by atoms with Crippen LogP contribution in [0.4, 0.5) is 0 Å². The van der Waals surface area contributed by atoms with E-state index < -0.39 is 29.7 Å². The molecule has 8 nitrogen and oxygen atoms in total. The van der Waals surface area contributed by atoms with Gasteiger partial charge in [0.2, 0.25) is 5.76 Å². The quantitative estimate of drug-likeness (QED) is 0.253. The van der Waals surface area contributed by atoms with Crippen molar-refractivity contribution >= 4 is 5.97 Å². The molecule has 1 heterocycles. The molecule has 3 N–H and O–H groups in total. The number of hydrogen-bond donors (Lipinski definition) is 3. The zero-order chi connectivity index (χ0) is 10.7. The molecule has 0 aromatic carbocycles. The maximum atomic E-state index is 10.7. The van der Waals surface area contributed by atoms with Gasteiger partial charge in [-0.1, -0.05) is 5.11 Å². The summed E-state index contributed by atoms with van der Waals surface area (Å²) in [6, 6.07) is 0. The highest BCUT2D eigenvalue weighted by Crippen LogP contribution is 2.21. The van der Waals surface area contributed by atoms with Crippen molar-refractivity contribution in [3.63, 3.8) is 0 Å². The molecular weight excluding hydrogens is 194 g/mol. The van der Waals surface area contributed by atoms with E-state index in [-0.39, 0.29) is 6.54 Å². The lowest BCUT2D eigenvalue weighted by Gasteiger charge is -2.14. The van der Waals surface area contributed by atoms with Gasteiger partial charge in [0.05, 0.1) is 6.54 Å². The first kappa shape index (κ1) is 10.2. The van der Waals surface area contributed by atoms with Crippen LogP contribution in [0.25, 0.3) is 10.4 Å². The van der Waals surface area contributed by atoms with Crippen LogP contribution in [-0.2, 0) is 9.53 Å². The Kier molecular flexibility index (Phi) is 2.80. The van der Waals surface area contributed by atoms with E-state index in [2.05, 4.69) is 14.8 Å². The number of ether oxygens (including phenoxy) is 1. The first-order chi connectivity index (χ1) is 6.57. The highest BCUT2D eigenvalue weighted by molar-refractivity contribution is 5.89. The van der Waals surface area contributed by atoms with Gasteiger partial charge in [-0.25, -0.2) is 4.79 Å². The monoisotopic (exact) mass is 201 g/mol. The van der Waals surface area contributed by atoms with Crippen LogP contribution in [0.1, 0.15) is 0 Å². The van der Waals surface area contributed by atoms with Gasteiger partial charge in [0.15, 0.2) is 11.9 Å². The second-order valence-corrected chi connectivity index (χ2v) is 2.54. The Bertz CT molecular complexity index is 332. The smallest absolute Gasteiger partial charge is 0.377 e. The van der Waals surface area contributed by atoms with Crippen molar-refractivity contribution in [3.8, 4) is 0 Å². The van der Waals surface area contributed by atoms with Crippen molar-refractivity contribution in [1.82, 2.24) is 0 Å². The summed E-state index contributed by atoms with van der Waals surface area (Å²) in [5.41, 5.74) is 7.94. The molecule has 1 aliphatic heterocycles. The standard InChI is InChI=1S/C6H7N3O5/c7-9-8-1-2(10)5-3(11)4(12)6(13)14-5/h2,5,10-12H,1H2/t2?,5-/m1/s1. The van der Waals surface area contributed by atoms with Crippen molar-refractivity contribution < 1.29 is 24.9 Å². The number of esters is 1. The van der Waals surface area contributed by atoms with Crippen LogP contribution in [0.2, 0.25) is 0 Å². The Morgan fingerprint density at radius 1 is 1.64 bits per heavy atom. The van der Waals surface area contributed by atoms with Gasteiger partial charge in [-0.15, -0.1) is 0 Å². The second-order valence-electron chi connectivity index (χ2n) is 2.54. The molecule has 0 aromatic heterocycles. The summed E-state index contributed by atoms with van der Waals surface area (Å²) >= 11 is 0. The number of hydrogen-bond acceptors (Lipinski definition) is 6. The molecule has 0 radical (unpaired) electrons. The summed E-state index contributed by atoms with van der Waals surface area (Å²) in [6.07, 6.45) is -2.74. The summed E-state index contributed by atoms with van der Waals surface area (Å²) < 4.78 is 4.40. The zero-order valence-electron chi connectivity index (χ0n) is 6.86. The van der Waals surface area contributed by atoms with Crippen LogP contribution in [0.3, 0.4) is 0 Å². The van der Waals surface area contributed by atoms with Crippen molar-refractivity contribution in [2.24, 2.45) is 5.11 Å². The average Bonchev–Trinajstić information content (AvgIpc) is 2.42. The summed E-state index contributed by atoms with van der Waals surface area (Å²) in [7, 11) is 0. The van der Waals surface area contributed by atoms with E-state index in [9.17, 15) is 9.90 Å². The molecule has 76 valence electrons. The third-order valence-electron chi connectivity index (χ3n) is 1.62. The molecule has 0 aromatic rings. The lowest BCUT2D eigenvalue weighted by atomic mass is 10.2. The van der Waals surface area contributed by atoms with Crippen LogP contribution >= 0.6 is 0 Å². The maximum Gasteiger partial charge on any atom is 0.377 e. The van der Waals surface area contributed by atoms with Crippen molar-refractivity contribution in [1.29, 1.82) is 0 Å². The summed E-state index contributed by atoms with van der Waals surface area (Å²) in [5, 5.41) is 30.2. The average molecular weight is 201 g/mol. The van der Waals surface area contributed by atoms with Gasteiger partial charge >= 0.3 is 5.97 Å². The summed E-state index contributed by atoms with van der Waals surface area (Å²) in [6.45, 7) is -0.369. The van der Waals surface area contributed by atoms with Gasteiger partial charge in [-0.2, -0.15) is 0 Å². The van der Waals surface area contributed by atoms with Crippen LogP contribution < -0.4 is 0 Å². The topological polar surface area (TPSA) is 136 Å². The van der Waals surface area contributed by atoms with Crippen LogP contribution in [0.5, 0.6) is 0 Å². The summed E-state index contributed by atoms with van der Waals surface area (Å²) in [5.74, 6) is -2.81. The lowest BCUT2D eigenvalue weighted by Crippen LogP contribution is -2.30. The third-order valence-corrected chi connectivity index (χ3v) is 1.62. The van der Waals surface area contributed by atoms with Gasteiger partial charge in [-0.05, 0) is 5.53 Å². The van der Waals surface area contributed by atoms with Gasteiger partial charge < -0.3 is 20.1 Å². The molecule has 0 fully saturated rings. The molecule has 0 aliphatic carbocycles. The minimum absolute atomic E-state index is 0.369. The number of aliphatic hydroxyl groups excluding tert-OH is 3. The highest BCUT2D eigenvalue weighted by atomic mass is 16.6.